The minimum absolute atomic E-state index is 0.0706. The Kier molecular flexibility index (Phi) is 13.1. The molecule has 0 radical (unpaired) electrons. The van der Waals surface area contributed by atoms with Crippen molar-refractivity contribution >= 4 is 29.4 Å². The van der Waals surface area contributed by atoms with E-state index >= 15 is 0 Å². The molecule has 2 saturated carbocycles. The number of aliphatic imine (C=N–C) groups is 1. The van der Waals surface area contributed by atoms with E-state index < -0.39 is 6.17 Å². The Morgan fingerprint density at radius 1 is 1.07 bits per heavy atom. The maximum atomic E-state index is 13.6. The molecule has 2 saturated heterocycles. The standard InChI is InChI=1S/C33H41FN10O2.C4H9N.C4H6O/c1-4-29-32-24(23-8-6-9-26(31(23)41(29)3)40-28(25(35)19-45)13-30(36)37-2)14-38-44(32)22-17-42(18-22)16-21-7-5-10-27(39-21)33(46)43-12-11-20(34)15-43;1-5-4-2-3-4;5-3-4-1-2-4/h5-10,13-14,19-20,22,29,40,45H,4,11-12,15-18,35H2,1-3H3,(H2,36,37);4-5H,2-3H2,1H3;3-4H,1-2H2/b25-19+,28-13+;;/t20-,29?;;/m0../s1. The van der Waals surface area contributed by atoms with Gasteiger partial charge in [0.15, 0.2) is 0 Å². The topological polar surface area (TPSA) is 183 Å². The number of nitrogens with one attached hydrogen (secondary N) is 2. The van der Waals surface area contributed by atoms with E-state index in [4.69, 9.17) is 16.6 Å². The molecule has 3 aliphatic heterocycles. The number of alkyl halides is 1. The maximum absolute atomic E-state index is 13.6. The molecule has 14 nitrogen and oxygen atoms in total. The predicted octanol–water partition coefficient (Wildman–Crippen LogP) is 4.69. The number of aromatic nitrogens is 3. The number of aldehydes is 1. The zero-order valence-electron chi connectivity index (χ0n) is 32.9. The number of para-hydroxylation sites is 1. The second kappa shape index (κ2) is 18.1. The van der Waals surface area contributed by atoms with Crippen molar-refractivity contribution in [2.24, 2.45) is 22.4 Å². The summed E-state index contributed by atoms with van der Waals surface area (Å²) in [7, 11) is 5.68. The smallest absolute Gasteiger partial charge is 0.272 e. The molecule has 0 spiro atoms. The van der Waals surface area contributed by atoms with Crippen LogP contribution < -0.4 is 27.0 Å². The first-order valence-electron chi connectivity index (χ1n) is 19.6. The van der Waals surface area contributed by atoms with E-state index in [1.54, 1.807) is 24.1 Å². The van der Waals surface area contributed by atoms with Crippen LogP contribution in [0.1, 0.15) is 79.4 Å². The van der Waals surface area contributed by atoms with Crippen molar-refractivity contribution in [2.75, 3.05) is 57.5 Å². The number of benzene rings is 1. The highest BCUT2D eigenvalue weighted by atomic mass is 19.1. The van der Waals surface area contributed by atoms with Gasteiger partial charge in [0.25, 0.3) is 5.91 Å². The molecule has 300 valence electrons. The highest BCUT2D eigenvalue weighted by Crippen LogP contribution is 2.49. The van der Waals surface area contributed by atoms with Crippen LogP contribution in [-0.4, -0.2) is 107 Å². The Morgan fingerprint density at radius 2 is 1.82 bits per heavy atom. The molecule has 8 rings (SSSR count). The molecule has 1 unspecified atom stereocenters. The molecule has 3 aromatic rings. The van der Waals surface area contributed by atoms with E-state index in [1.165, 1.54) is 18.5 Å². The molecule has 1 aromatic carbocycles. The number of amides is 1. The van der Waals surface area contributed by atoms with E-state index in [9.17, 15) is 19.1 Å². The second-order valence-corrected chi connectivity index (χ2v) is 15.1. The number of fused-ring (bicyclic) bond motifs is 3. The summed E-state index contributed by atoms with van der Waals surface area (Å²) < 4.78 is 15.8. The number of carbonyl (C=O) groups excluding carboxylic acids is 2. The van der Waals surface area contributed by atoms with Gasteiger partial charge in [-0.25, -0.2) is 9.37 Å². The molecule has 2 aliphatic carbocycles. The number of carbonyl (C=O) groups is 2. The number of nitrogens with two attached hydrogens (primary N) is 2. The third-order valence-electron chi connectivity index (χ3n) is 10.9. The number of likely N-dealkylation sites (tertiary alicyclic amines) is 2. The maximum Gasteiger partial charge on any atom is 0.272 e. The summed E-state index contributed by atoms with van der Waals surface area (Å²) in [5.74, 6) is 0.514. The van der Waals surface area contributed by atoms with Gasteiger partial charge in [0, 0.05) is 69.4 Å². The average molecular weight is 770 g/mol. The van der Waals surface area contributed by atoms with Gasteiger partial charge in [0.1, 0.15) is 30.2 Å². The SMILES string of the molecule is CCC1c2c(cnn2C2CN(Cc3cccc(C(=O)N4CC[C@H](F)C4)n3)C2)-c2cccc(NC(=C/C(N)=NC)/C(N)=C\O)c2N1C.CNC1CC1.O=CC1CC1. The van der Waals surface area contributed by atoms with Gasteiger partial charge < -0.3 is 41.8 Å². The molecule has 2 atom stereocenters. The van der Waals surface area contributed by atoms with Crippen molar-refractivity contribution in [3.8, 4) is 11.1 Å². The molecule has 15 heteroatoms. The van der Waals surface area contributed by atoms with Crippen LogP contribution in [0, 0.1) is 5.92 Å². The first kappa shape index (κ1) is 40.4. The summed E-state index contributed by atoms with van der Waals surface area (Å²) in [5.41, 5.74) is 18.9. The van der Waals surface area contributed by atoms with Gasteiger partial charge in [-0.3, -0.25) is 19.4 Å². The summed E-state index contributed by atoms with van der Waals surface area (Å²) in [5, 5.41) is 21.0. The second-order valence-electron chi connectivity index (χ2n) is 15.1. The van der Waals surface area contributed by atoms with Crippen molar-refractivity contribution in [2.45, 2.75) is 76.3 Å². The molecule has 5 heterocycles. The lowest BCUT2D eigenvalue weighted by molar-refractivity contribution is -0.108. The van der Waals surface area contributed by atoms with Crippen LogP contribution >= 0.6 is 0 Å². The highest BCUT2D eigenvalue weighted by Gasteiger charge is 2.38. The lowest BCUT2D eigenvalue weighted by Crippen LogP contribution is -2.48. The normalized spacial score (nSPS) is 21.2. The van der Waals surface area contributed by atoms with E-state index in [0.29, 0.717) is 36.8 Å². The minimum atomic E-state index is -0.956. The number of rotatable bonds is 11. The van der Waals surface area contributed by atoms with E-state index in [-0.39, 0.29) is 36.1 Å². The van der Waals surface area contributed by atoms with E-state index in [2.05, 4.69) is 55.1 Å². The van der Waals surface area contributed by atoms with Gasteiger partial charge in [-0.1, -0.05) is 25.1 Å². The Hall–Kier alpha value is -5.28. The molecule has 5 aliphatic rings. The summed E-state index contributed by atoms with van der Waals surface area (Å²) in [6, 6.07) is 12.7. The number of aliphatic hydroxyl groups excluding tert-OH is 1. The Balaban J connectivity index is 0.000000462. The molecule has 2 aromatic heterocycles. The van der Waals surface area contributed by atoms with Gasteiger partial charge in [0.05, 0.1) is 59.0 Å². The summed E-state index contributed by atoms with van der Waals surface area (Å²) in [6.07, 6.45) is 10.8. The number of aliphatic hydroxyl groups is 1. The fourth-order valence-electron chi connectivity index (χ4n) is 7.28. The number of hydrogen-bond donors (Lipinski definition) is 5. The van der Waals surface area contributed by atoms with Gasteiger partial charge in [-0.15, -0.1) is 0 Å². The number of pyridine rings is 1. The van der Waals surface area contributed by atoms with Gasteiger partial charge >= 0.3 is 0 Å². The van der Waals surface area contributed by atoms with Crippen molar-refractivity contribution in [1.29, 1.82) is 0 Å². The number of hydrogen-bond acceptors (Lipinski definition) is 11. The number of amidine groups is 1. The summed E-state index contributed by atoms with van der Waals surface area (Å²) in [6.45, 7) is 4.97. The van der Waals surface area contributed by atoms with Gasteiger partial charge in [0.2, 0.25) is 0 Å². The molecular formula is C41H56FN11O3. The largest absolute Gasteiger partial charge is 0.513 e. The van der Waals surface area contributed by atoms with E-state index in [1.807, 2.05) is 37.5 Å². The Bertz CT molecular complexity index is 1950. The third-order valence-corrected chi connectivity index (χ3v) is 10.9. The number of nitrogens with zero attached hydrogens (tertiary/aromatic N) is 7. The molecule has 0 bridgehead atoms. The van der Waals surface area contributed by atoms with Gasteiger partial charge in [-0.05, 0) is 63.8 Å². The van der Waals surface area contributed by atoms with Crippen molar-refractivity contribution in [3.05, 3.63) is 83.4 Å². The lowest BCUT2D eigenvalue weighted by atomic mass is 9.91. The monoisotopic (exact) mass is 769 g/mol. The van der Waals surface area contributed by atoms with Crippen molar-refractivity contribution < 1.29 is 19.1 Å². The highest BCUT2D eigenvalue weighted by molar-refractivity contribution is 5.95. The molecular weight excluding hydrogens is 714 g/mol. The van der Waals surface area contributed by atoms with Crippen LogP contribution in [0.3, 0.4) is 0 Å². The minimum Gasteiger partial charge on any atom is -0.513 e. The zero-order valence-corrected chi connectivity index (χ0v) is 32.9. The quantitative estimate of drug-likeness (QED) is 0.0600. The van der Waals surface area contributed by atoms with Crippen LogP contribution in [0.2, 0.25) is 0 Å². The average Bonchev–Trinajstić information content (AvgIpc) is 4.14. The fourth-order valence-corrected chi connectivity index (χ4v) is 7.28. The number of anilines is 2. The first-order valence-corrected chi connectivity index (χ1v) is 19.6. The lowest BCUT2D eigenvalue weighted by Gasteiger charge is -2.43. The molecule has 4 fully saturated rings. The van der Waals surface area contributed by atoms with Crippen LogP contribution in [0.5, 0.6) is 0 Å². The fraction of sp³-hybridized carbons (Fsp3) is 0.488. The van der Waals surface area contributed by atoms with E-state index in [0.717, 1.165) is 79.1 Å². The predicted molar refractivity (Wildman–Crippen MR) is 218 cm³/mol. The van der Waals surface area contributed by atoms with Crippen LogP contribution in [0.15, 0.2) is 71.3 Å². The Morgan fingerprint density at radius 3 is 2.39 bits per heavy atom. The van der Waals surface area contributed by atoms with Crippen molar-refractivity contribution in [3.63, 3.8) is 0 Å². The number of halogens is 1. The summed E-state index contributed by atoms with van der Waals surface area (Å²) >= 11 is 0. The third kappa shape index (κ3) is 9.39. The molecule has 56 heavy (non-hydrogen) atoms. The Labute approximate surface area is 328 Å². The van der Waals surface area contributed by atoms with Gasteiger partial charge in [-0.2, -0.15) is 5.10 Å². The summed E-state index contributed by atoms with van der Waals surface area (Å²) in [4.78, 5) is 37.1. The van der Waals surface area contributed by atoms with Crippen LogP contribution in [0.4, 0.5) is 15.8 Å². The zero-order chi connectivity index (χ0) is 39.9. The van der Waals surface area contributed by atoms with Crippen LogP contribution in [-0.2, 0) is 11.3 Å². The molecule has 7 N–H and O–H groups in total. The molecule has 1 amide bonds. The van der Waals surface area contributed by atoms with Crippen LogP contribution in [0.25, 0.3) is 11.1 Å². The first-order chi connectivity index (χ1) is 27.1. The van der Waals surface area contributed by atoms with Crippen molar-refractivity contribution in [1.82, 2.24) is 29.9 Å².